The molecule has 0 saturated heterocycles. The zero-order valence-corrected chi connectivity index (χ0v) is 17.9. The lowest BCUT2D eigenvalue weighted by Crippen LogP contribution is -2.25. The predicted octanol–water partition coefficient (Wildman–Crippen LogP) is 3.64. The summed E-state index contributed by atoms with van der Waals surface area (Å²) in [5.41, 5.74) is 2.85. The third-order valence-corrected chi connectivity index (χ3v) is 5.72. The zero-order chi connectivity index (χ0) is 22.3. The van der Waals surface area contributed by atoms with Gasteiger partial charge in [0.1, 0.15) is 0 Å². The first kappa shape index (κ1) is 21.3. The Hall–Kier alpha value is -3.96. The second-order valence-corrected chi connectivity index (χ2v) is 7.98. The minimum Gasteiger partial charge on any atom is -0.325 e. The number of thioether (sulfide) groups is 1. The van der Waals surface area contributed by atoms with Crippen LogP contribution in [0.2, 0.25) is 0 Å². The van der Waals surface area contributed by atoms with Crippen molar-refractivity contribution < 1.29 is 4.79 Å². The molecule has 0 bridgehead atoms. The maximum atomic E-state index is 13.1. The number of benzene rings is 2. The number of anilines is 1. The van der Waals surface area contributed by atoms with Crippen molar-refractivity contribution in [2.45, 2.75) is 18.1 Å². The summed E-state index contributed by atoms with van der Waals surface area (Å²) in [5, 5.41) is 12.6. The molecule has 158 valence electrons. The molecule has 0 aliphatic heterocycles. The Labute approximate surface area is 188 Å². The largest absolute Gasteiger partial charge is 0.325 e. The monoisotopic (exact) mass is 441 g/mol. The molecule has 0 saturated carbocycles. The normalized spacial score (nSPS) is 10.6. The van der Waals surface area contributed by atoms with E-state index in [0.29, 0.717) is 34.7 Å². The molecule has 0 atom stereocenters. The van der Waals surface area contributed by atoms with E-state index in [1.54, 1.807) is 41.2 Å². The summed E-state index contributed by atoms with van der Waals surface area (Å²) in [6, 6.07) is 20.1. The Kier molecular flexibility index (Phi) is 6.58. The van der Waals surface area contributed by atoms with E-state index in [1.807, 2.05) is 36.4 Å². The highest BCUT2D eigenvalue weighted by Crippen LogP contribution is 2.19. The second kappa shape index (κ2) is 9.90. The highest BCUT2D eigenvalue weighted by Gasteiger charge is 2.14. The number of pyridine rings is 1. The van der Waals surface area contributed by atoms with Gasteiger partial charge in [-0.25, -0.2) is 4.98 Å². The van der Waals surface area contributed by atoms with E-state index in [0.717, 1.165) is 11.1 Å². The predicted molar refractivity (Wildman–Crippen MR) is 124 cm³/mol. The molecule has 4 rings (SSSR count). The number of amides is 1. The maximum Gasteiger partial charge on any atom is 0.262 e. The minimum absolute atomic E-state index is 0.0950. The van der Waals surface area contributed by atoms with Crippen LogP contribution in [0, 0.1) is 11.3 Å². The molecule has 0 unspecified atom stereocenters. The lowest BCUT2D eigenvalue weighted by Gasteiger charge is -2.13. The van der Waals surface area contributed by atoms with Crippen LogP contribution < -0.4 is 10.9 Å². The first-order valence-corrected chi connectivity index (χ1v) is 10.9. The SMILES string of the molecule is N#CCc1ccc(NC(=O)CSc2nc3ccccc3c(=O)n2Cc2cccnc2)cc1. The van der Waals surface area contributed by atoms with Gasteiger partial charge in [-0.2, -0.15) is 5.26 Å². The second-order valence-electron chi connectivity index (χ2n) is 7.03. The fourth-order valence-corrected chi connectivity index (χ4v) is 3.99. The Morgan fingerprint density at radius 2 is 1.88 bits per heavy atom. The van der Waals surface area contributed by atoms with Crippen LogP contribution in [0.15, 0.2) is 83.0 Å². The number of carbonyl (C=O) groups excluding carboxylic acids is 1. The van der Waals surface area contributed by atoms with Crippen LogP contribution in [0.25, 0.3) is 10.9 Å². The lowest BCUT2D eigenvalue weighted by molar-refractivity contribution is -0.113. The highest BCUT2D eigenvalue weighted by molar-refractivity contribution is 7.99. The maximum absolute atomic E-state index is 13.1. The van der Waals surface area contributed by atoms with Crippen LogP contribution in [-0.2, 0) is 17.8 Å². The van der Waals surface area contributed by atoms with E-state index in [9.17, 15) is 9.59 Å². The zero-order valence-electron chi connectivity index (χ0n) is 17.1. The summed E-state index contributed by atoms with van der Waals surface area (Å²) in [7, 11) is 0. The Morgan fingerprint density at radius 3 is 2.62 bits per heavy atom. The molecule has 2 aromatic heterocycles. The van der Waals surface area contributed by atoms with E-state index >= 15 is 0 Å². The first-order chi connectivity index (χ1) is 15.6. The molecular formula is C24H19N5O2S. The van der Waals surface area contributed by atoms with Gasteiger partial charge >= 0.3 is 0 Å². The molecule has 0 radical (unpaired) electrons. The van der Waals surface area contributed by atoms with Gasteiger partial charge in [0.2, 0.25) is 5.91 Å². The smallest absolute Gasteiger partial charge is 0.262 e. The van der Waals surface area contributed by atoms with Crippen LogP contribution in [0.5, 0.6) is 0 Å². The highest BCUT2D eigenvalue weighted by atomic mass is 32.2. The van der Waals surface area contributed by atoms with Crippen LogP contribution in [-0.4, -0.2) is 26.2 Å². The number of hydrogen-bond donors (Lipinski definition) is 1. The summed E-state index contributed by atoms with van der Waals surface area (Å²) in [5.74, 6) is -0.115. The third-order valence-electron chi connectivity index (χ3n) is 4.74. The molecule has 1 amide bonds. The molecule has 32 heavy (non-hydrogen) atoms. The van der Waals surface area contributed by atoms with Gasteiger partial charge in [0.15, 0.2) is 5.16 Å². The lowest BCUT2D eigenvalue weighted by atomic mass is 10.1. The number of aromatic nitrogens is 3. The molecule has 1 N–H and O–H groups in total. The number of rotatable bonds is 7. The Morgan fingerprint density at radius 1 is 1.06 bits per heavy atom. The summed E-state index contributed by atoms with van der Waals surface area (Å²) >= 11 is 1.21. The number of nitriles is 1. The minimum atomic E-state index is -0.210. The van der Waals surface area contributed by atoms with Crippen molar-refractivity contribution in [3.8, 4) is 6.07 Å². The fraction of sp³-hybridized carbons (Fsp3) is 0.125. The Balaban J connectivity index is 1.55. The molecule has 0 aliphatic carbocycles. The molecule has 0 spiro atoms. The topological polar surface area (TPSA) is 101 Å². The molecular weight excluding hydrogens is 422 g/mol. The number of carbonyl (C=O) groups is 1. The van der Waals surface area contributed by atoms with Crippen LogP contribution in [0.1, 0.15) is 11.1 Å². The van der Waals surface area contributed by atoms with E-state index in [2.05, 4.69) is 21.4 Å². The van der Waals surface area contributed by atoms with Crippen molar-refractivity contribution in [1.29, 1.82) is 5.26 Å². The van der Waals surface area contributed by atoms with Gasteiger partial charge in [0, 0.05) is 18.1 Å². The van der Waals surface area contributed by atoms with Gasteiger partial charge < -0.3 is 5.32 Å². The van der Waals surface area contributed by atoms with Crippen LogP contribution in [0.4, 0.5) is 5.69 Å². The first-order valence-electron chi connectivity index (χ1n) is 9.91. The van der Waals surface area contributed by atoms with Gasteiger partial charge in [-0.05, 0) is 41.5 Å². The van der Waals surface area contributed by atoms with Gasteiger partial charge in [-0.3, -0.25) is 19.1 Å². The van der Waals surface area contributed by atoms with Crippen molar-refractivity contribution in [1.82, 2.24) is 14.5 Å². The van der Waals surface area contributed by atoms with Gasteiger partial charge in [-0.1, -0.05) is 42.1 Å². The number of para-hydroxylation sites is 1. The molecule has 8 heteroatoms. The fourth-order valence-electron chi connectivity index (χ4n) is 3.20. The molecule has 2 aromatic carbocycles. The molecule has 2 heterocycles. The van der Waals surface area contributed by atoms with Crippen molar-refractivity contribution >= 4 is 34.3 Å². The van der Waals surface area contributed by atoms with E-state index < -0.39 is 0 Å². The summed E-state index contributed by atoms with van der Waals surface area (Å²) in [6.45, 7) is 0.314. The molecule has 4 aromatic rings. The van der Waals surface area contributed by atoms with E-state index in [-0.39, 0.29) is 17.2 Å². The van der Waals surface area contributed by atoms with Crippen molar-refractivity contribution in [3.05, 3.63) is 94.5 Å². The molecule has 7 nitrogen and oxygen atoms in total. The van der Waals surface area contributed by atoms with Crippen LogP contribution >= 0.6 is 11.8 Å². The van der Waals surface area contributed by atoms with Gasteiger partial charge in [0.25, 0.3) is 5.56 Å². The van der Waals surface area contributed by atoms with Gasteiger partial charge in [0.05, 0.1) is 35.7 Å². The number of hydrogen-bond acceptors (Lipinski definition) is 6. The Bertz CT molecular complexity index is 1350. The quantitative estimate of drug-likeness (QED) is 0.347. The summed E-state index contributed by atoms with van der Waals surface area (Å²) in [4.78, 5) is 34.4. The average molecular weight is 442 g/mol. The third kappa shape index (κ3) is 5.02. The van der Waals surface area contributed by atoms with Gasteiger partial charge in [-0.15, -0.1) is 0 Å². The standard InChI is InChI=1S/C24H19N5O2S/c25-12-11-17-7-9-19(10-8-17)27-22(30)16-32-24-28-21-6-2-1-5-20(21)23(31)29(24)15-18-4-3-13-26-14-18/h1-10,13-14H,11,15-16H2,(H,27,30). The summed E-state index contributed by atoms with van der Waals surface area (Å²) < 4.78 is 1.58. The number of fused-ring (bicyclic) bond motifs is 1. The average Bonchev–Trinajstić information content (AvgIpc) is 2.82. The molecule has 0 fully saturated rings. The van der Waals surface area contributed by atoms with Crippen molar-refractivity contribution in [3.63, 3.8) is 0 Å². The van der Waals surface area contributed by atoms with Crippen molar-refractivity contribution in [2.75, 3.05) is 11.1 Å². The summed E-state index contributed by atoms with van der Waals surface area (Å²) in [6.07, 6.45) is 3.71. The van der Waals surface area contributed by atoms with Crippen LogP contribution in [0.3, 0.4) is 0 Å². The number of nitrogens with zero attached hydrogens (tertiary/aromatic N) is 4. The van der Waals surface area contributed by atoms with E-state index in [4.69, 9.17) is 5.26 Å². The molecule has 0 aliphatic rings. The van der Waals surface area contributed by atoms with Crippen molar-refractivity contribution in [2.24, 2.45) is 0 Å². The van der Waals surface area contributed by atoms with E-state index in [1.165, 1.54) is 11.8 Å². The number of nitrogens with one attached hydrogen (secondary N) is 1.